The Balaban J connectivity index is 2.01. The minimum Gasteiger partial charge on any atom is -0.240 e. The zero-order valence-electron chi connectivity index (χ0n) is 9.84. The maximum absolute atomic E-state index is 12.7. The van der Waals surface area contributed by atoms with E-state index in [2.05, 4.69) is 10.3 Å². The summed E-state index contributed by atoms with van der Waals surface area (Å²) in [5.74, 6) is -0.587. The zero-order valence-corrected chi connectivity index (χ0v) is 11.5. The summed E-state index contributed by atoms with van der Waals surface area (Å²) >= 11 is 0. The molecule has 2 N–H and O–H groups in total. The number of benzene rings is 1. The second kappa shape index (κ2) is 5.16. The molecule has 6 nitrogen and oxygen atoms in total. The summed E-state index contributed by atoms with van der Waals surface area (Å²) in [6, 6.07) is 3.89. The van der Waals surface area contributed by atoms with Gasteiger partial charge in [0, 0.05) is 6.04 Å². The molecule has 1 aliphatic rings. The maximum atomic E-state index is 12.7. The smallest absolute Gasteiger partial charge is 0.240 e. The van der Waals surface area contributed by atoms with Gasteiger partial charge in [0.15, 0.2) is 9.84 Å². The highest BCUT2D eigenvalue weighted by molar-refractivity contribution is 7.91. The number of hydrogen-bond acceptors (Lipinski definition) is 5. The number of sulfone groups is 1. The van der Waals surface area contributed by atoms with Gasteiger partial charge in [-0.15, -0.1) is 4.83 Å². The number of sulfonamides is 1. The molecule has 0 aromatic heterocycles. The normalized spacial score (nSPS) is 22.5. The summed E-state index contributed by atoms with van der Waals surface area (Å²) in [5, 5.41) is 0. The molecule has 1 fully saturated rings. The molecule has 0 unspecified atom stereocenters. The van der Waals surface area contributed by atoms with Gasteiger partial charge in [0.25, 0.3) is 10.0 Å². The summed E-state index contributed by atoms with van der Waals surface area (Å²) in [5.41, 5.74) is 2.48. The van der Waals surface area contributed by atoms with Crippen molar-refractivity contribution in [3.8, 4) is 0 Å². The third-order valence-electron chi connectivity index (χ3n) is 2.75. The van der Waals surface area contributed by atoms with E-state index in [0.29, 0.717) is 6.42 Å². The monoisotopic (exact) mass is 308 g/mol. The van der Waals surface area contributed by atoms with E-state index in [0.717, 1.165) is 24.3 Å². The molecule has 2 rings (SSSR count). The molecule has 1 aliphatic heterocycles. The van der Waals surface area contributed by atoms with Crippen molar-refractivity contribution in [3.63, 3.8) is 0 Å². The molecule has 1 atom stereocenters. The fourth-order valence-corrected chi connectivity index (χ4v) is 4.35. The van der Waals surface area contributed by atoms with Crippen LogP contribution in [-0.4, -0.2) is 34.4 Å². The molecule has 1 heterocycles. The van der Waals surface area contributed by atoms with Crippen LogP contribution in [0.5, 0.6) is 0 Å². The highest BCUT2D eigenvalue weighted by atomic mass is 32.2. The lowest BCUT2D eigenvalue weighted by Crippen LogP contribution is -2.44. The zero-order chi connectivity index (χ0) is 14.1. The SMILES string of the molecule is O=S1(=O)CC[C@H](NNS(=O)(=O)c2ccc(F)cc2)C1. The fourth-order valence-electron chi connectivity index (χ4n) is 1.74. The van der Waals surface area contributed by atoms with Crippen molar-refractivity contribution in [2.24, 2.45) is 0 Å². The van der Waals surface area contributed by atoms with Crippen LogP contribution in [0.25, 0.3) is 0 Å². The van der Waals surface area contributed by atoms with Crippen LogP contribution in [0.1, 0.15) is 6.42 Å². The molecule has 19 heavy (non-hydrogen) atoms. The minimum atomic E-state index is -3.82. The molecule has 0 saturated carbocycles. The van der Waals surface area contributed by atoms with Gasteiger partial charge in [0.05, 0.1) is 16.4 Å². The number of nitrogens with one attached hydrogen (secondary N) is 2. The third kappa shape index (κ3) is 3.72. The first-order valence-corrected chi connectivity index (χ1v) is 8.82. The van der Waals surface area contributed by atoms with E-state index in [1.54, 1.807) is 0 Å². The third-order valence-corrected chi connectivity index (χ3v) is 5.80. The molecular weight excluding hydrogens is 295 g/mol. The quantitative estimate of drug-likeness (QED) is 0.751. The summed E-state index contributed by atoms with van der Waals surface area (Å²) in [6.07, 6.45) is 0.355. The molecule has 1 saturated heterocycles. The van der Waals surface area contributed by atoms with Crippen molar-refractivity contribution in [2.45, 2.75) is 17.4 Å². The Kier molecular flexibility index (Phi) is 3.90. The summed E-state index contributed by atoms with van der Waals surface area (Å²) in [7, 11) is -6.90. The largest absolute Gasteiger partial charge is 0.253 e. The van der Waals surface area contributed by atoms with Crippen molar-refractivity contribution in [2.75, 3.05) is 11.5 Å². The predicted octanol–water partition coefficient (Wildman–Crippen LogP) is -0.204. The van der Waals surface area contributed by atoms with Gasteiger partial charge in [-0.3, -0.25) is 0 Å². The lowest BCUT2D eigenvalue weighted by molar-refractivity contribution is 0.505. The van der Waals surface area contributed by atoms with Crippen LogP contribution >= 0.6 is 0 Å². The molecular formula is C10H13FN2O4S2. The first-order chi connectivity index (χ1) is 8.78. The van der Waals surface area contributed by atoms with Gasteiger partial charge in [-0.2, -0.15) is 0 Å². The molecule has 106 valence electrons. The molecule has 0 spiro atoms. The molecule has 0 amide bonds. The Morgan fingerprint density at radius 1 is 1.21 bits per heavy atom. The molecule has 9 heteroatoms. The summed E-state index contributed by atoms with van der Waals surface area (Å²) in [6.45, 7) is 0. The number of hydrazine groups is 1. The average Bonchev–Trinajstić information content (AvgIpc) is 2.67. The lowest BCUT2D eigenvalue weighted by atomic mass is 10.3. The van der Waals surface area contributed by atoms with Gasteiger partial charge in [-0.05, 0) is 30.7 Å². The van der Waals surface area contributed by atoms with Crippen LogP contribution in [0.2, 0.25) is 0 Å². The second-order valence-corrected chi connectivity index (χ2v) is 8.21. The van der Waals surface area contributed by atoms with E-state index in [-0.39, 0.29) is 16.4 Å². The average molecular weight is 308 g/mol. The molecule has 0 aliphatic carbocycles. The topological polar surface area (TPSA) is 92.3 Å². The number of rotatable bonds is 4. The maximum Gasteiger partial charge on any atom is 0.253 e. The second-order valence-electron chi connectivity index (χ2n) is 4.30. The predicted molar refractivity (Wildman–Crippen MR) is 66.9 cm³/mol. The Hall–Kier alpha value is -1.03. The summed E-state index contributed by atoms with van der Waals surface area (Å²) in [4.78, 5) is 2.01. The standard InChI is InChI=1S/C10H13FN2O4S2/c11-8-1-3-10(4-2-8)19(16,17)13-12-9-5-6-18(14,15)7-9/h1-4,9,12-13H,5-7H2/t9-/m0/s1. The van der Waals surface area contributed by atoms with E-state index in [1.807, 2.05) is 0 Å². The van der Waals surface area contributed by atoms with E-state index in [1.165, 1.54) is 0 Å². The Labute approximate surface area is 111 Å². The van der Waals surface area contributed by atoms with Crippen molar-refractivity contribution < 1.29 is 21.2 Å². The highest BCUT2D eigenvalue weighted by Crippen LogP contribution is 2.12. The van der Waals surface area contributed by atoms with Crippen LogP contribution in [0.15, 0.2) is 29.2 Å². The molecule has 0 bridgehead atoms. The molecule has 0 radical (unpaired) electrons. The van der Waals surface area contributed by atoms with Gasteiger partial charge >= 0.3 is 0 Å². The number of halogens is 1. The van der Waals surface area contributed by atoms with Gasteiger partial charge in [-0.1, -0.05) is 0 Å². The van der Waals surface area contributed by atoms with E-state index in [4.69, 9.17) is 0 Å². The van der Waals surface area contributed by atoms with E-state index in [9.17, 15) is 21.2 Å². The van der Waals surface area contributed by atoms with Crippen LogP contribution in [-0.2, 0) is 19.9 Å². The van der Waals surface area contributed by atoms with Gasteiger partial charge in [0.2, 0.25) is 0 Å². The molecule has 1 aromatic rings. The van der Waals surface area contributed by atoms with Gasteiger partial charge in [0.1, 0.15) is 5.82 Å². The number of hydrogen-bond donors (Lipinski definition) is 2. The van der Waals surface area contributed by atoms with Crippen molar-refractivity contribution in [1.29, 1.82) is 0 Å². The van der Waals surface area contributed by atoms with Crippen LogP contribution in [0, 0.1) is 5.82 Å². The Morgan fingerprint density at radius 2 is 1.84 bits per heavy atom. The highest BCUT2D eigenvalue weighted by Gasteiger charge is 2.28. The van der Waals surface area contributed by atoms with E-state index >= 15 is 0 Å². The van der Waals surface area contributed by atoms with Crippen LogP contribution in [0.4, 0.5) is 4.39 Å². The van der Waals surface area contributed by atoms with Gasteiger partial charge in [-0.25, -0.2) is 26.7 Å². The van der Waals surface area contributed by atoms with Crippen molar-refractivity contribution in [1.82, 2.24) is 10.3 Å². The van der Waals surface area contributed by atoms with Crippen molar-refractivity contribution in [3.05, 3.63) is 30.1 Å². The first kappa shape index (κ1) is 14.4. The fraction of sp³-hybridized carbons (Fsp3) is 0.400. The Bertz CT molecular complexity index is 655. The van der Waals surface area contributed by atoms with Crippen molar-refractivity contribution >= 4 is 19.9 Å². The first-order valence-electron chi connectivity index (χ1n) is 5.52. The van der Waals surface area contributed by atoms with E-state index < -0.39 is 31.7 Å². The van der Waals surface area contributed by atoms with Gasteiger partial charge < -0.3 is 0 Å². The lowest BCUT2D eigenvalue weighted by Gasteiger charge is -2.12. The molecule has 1 aromatic carbocycles. The van der Waals surface area contributed by atoms with Crippen LogP contribution < -0.4 is 10.3 Å². The summed E-state index contributed by atoms with van der Waals surface area (Å²) < 4.78 is 58.8. The van der Waals surface area contributed by atoms with Crippen LogP contribution in [0.3, 0.4) is 0 Å². The Morgan fingerprint density at radius 3 is 2.37 bits per heavy atom. The minimum absolute atomic E-state index is 0.0446.